The van der Waals surface area contributed by atoms with Crippen molar-refractivity contribution in [3.05, 3.63) is 35.4 Å². The van der Waals surface area contributed by atoms with Crippen molar-refractivity contribution in [1.29, 1.82) is 0 Å². The van der Waals surface area contributed by atoms with Gasteiger partial charge in [-0.05, 0) is 18.6 Å². The summed E-state index contributed by atoms with van der Waals surface area (Å²) in [5, 5.41) is 11.2. The number of benzene rings is 1. The van der Waals surface area contributed by atoms with E-state index in [2.05, 4.69) is 5.32 Å². The molecule has 1 amide bonds. The van der Waals surface area contributed by atoms with Gasteiger partial charge in [-0.2, -0.15) is 0 Å². The lowest BCUT2D eigenvalue weighted by atomic mass is 10.1. The molecule has 6 heteroatoms. The molecule has 0 fully saturated rings. The Morgan fingerprint density at radius 1 is 1.37 bits per heavy atom. The highest BCUT2D eigenvalue weighted by molar-refractivity contribution is 5.96. The van der Waals surface area contributed by atoms with Crippen molar-refractivity contribution in [2.24, 2.45) is 0 Å². The van der Waals surface area contributed by atoms with Crippen molar-refractivity contribution >= 4 is 11.9 Å². The molecule has 104 valence electrons. The Balaban J connectivity index is 2.82. The summed E-state index contributed by atoms with van der Waals surface area (Å²) in [6.07, 6.45) is -1.79. The Bertz CT molecular complexity index is 463. The minimum atomic E-state index is -2.67. The van der Waals surface area contributed by atoms with Gasteiger partial charge in [-0.15, -0.1) is 0 Å². The zero-order valence-corrected chi connectivity index (χ0v) is 10.4. The molecule has 0 saturated carbocycles. The molecule has 0 saturated heterocycles. The average molecular weight is 271 g/mol. The minimum Gasteiger partial charge on any atom is -0.480 e. The van der Waals surface area contributed by atoms with Crippen LogP contribution in [0.15, 0.2) is 24.3 Å². The molecule has 0 bridgehead atoms. The van der Waals surface area contributed by atoms with E-state index >= 15 is 0 Å². The van der Waals surface area contributed by atoms with E-state index in [0.29, 0.717) is 6.42 Å². The monoisotopic (exact) mass is 271 g/mol. The number of rotatable bonds is 6. The van der Waals surface area contributed by atoms with Crippen LogP contribution in [-0.4, -0.2) is 23.0 Å². The number of hydrogen-bond donors (Lipinski definition) is 2. The van der Waals surface area contributed by atoms with Gasteiger partial charge in [0.15, 0.2) is 0 Å². The van der Waals surface area contributed by atoms with Crippen LogP contribution in [0.5, 0.6) is 0 Å². The lowest BCUT2D eigenvalue weighted by Gasteiger charge is -2.13. The largest absolute Gasteiger partial charge is 0.480 e. The molecule has 1 rings (SSSR count). The summed E-state index contributed by atoms with van der Waals surface area (Å²) < 4.78 is 25.0. The number of halogens is 2. The zero-order chi connectivity index (χ0) is 14.4. The maximum absolute atomic E-state index is 12.5. The molecule has 2 N–H and O–H groups in total. The Morgan fingerprint density at radius 2 is 2.05 bits per heavy atom. The lowest BCUT2D eigenvalue weighted by Crippen LogP contribution is -2.40. The molecular weight excluding hydrogens is 256 g/mol. The molecule has 1 aromatic carbocycles. The van der Waals surface area contributed by atoms with Crippen molar-refractivity contribution in [2.45, 2.75) is 32.2 Å². The summed E-state index contributed by atoms with van der Waals surface area (Å²) in [6, 6.07) is 3.97. The van der Waals surface area contributed by atoms with Gasteiger partial charge < -0.3 is 10.4 Å². The molecule has 4 nitrogen and oxygen atoms in total. The predicted octanol–water partition coefficient (Wildman–Crippen LogP) is 2.61. The minimum absolute atomic E-state index is 0.0279. The Labute approximate surface area is 109 Å². The number of amides is 1. The van der Waals surface area contributed by atoms with Gasteiger partial charge in [-0.25, -0.2) is 13.6 Å². The van der Waals surface area contributed by atoms with E-state index < -0.39 is 24.3 Å². The van der Waals surface area contributed by atoms with Gasteiger partial charge in [-0.3, -0.25) is 4.79 Å². The van der Waals surface area contributed by atoms with Crippen LogP contribution in [0, 0.1) is 0 Å². The molecule has 0 aliphatic heterocycles. The fraction of sp³-hybridized carbons (Fsp3) is 0.385. The summed E-state index contributed by atoms with van der Waals surface area (Å²) in [5.74, 6) is -1.80. The average Bonchev–Trinajstić information content (AvgIpc) is 2.38. The van der Waals surface area contributed by atoms with Gasteiger partial charge >= 0.3 is 5.97 Å². The molecule has 0 aliphatic rings. The van der Waals surface area contributed by atoms with Crippen LogP contribution in [-0.2, 0) is 4.79 Å². The van der Waals surface area contributed by atoms with E-state index in [4.69, 9.17) is 5.11 Å². The van der Waals surface area contributed by atoms with E-state index in [1.54, 1.807) is 6.92 Å². The highest BCUT2D eigenvalue weighted by Crippen LogP contribution is 2.19. The Kier molecular flexibility index (Phi) is 5.41. The second kappa shape index (κ2) is 6.82. The topological polar surface area (TPSA) is 66.4 Å². The molecular formula is C13H15F2NO3. The van der Waals surface area contributed by atoms with E-state index in [0.717, 1.165) is 6.07 Å². The van der Waals surface area contributed by atoms with Crippen LogP contribution in [0.4, 0.5) is 8.78 Å². The Morgan fingerprint density at radius 3 is 2.58 bits per heavy atom. The third-order valence-corrected chi connectivity index (χ3v) is 2.58. The summed E-state index contributed by atoms with van der Waals surface area (Å²) in [4.78, 5) is 22.7. The summed E-state index contributed by atoms with van der Waals surface area (Å²) in [7, 11) is 0. The molecule has 0 radical (unpaired) electrons. The number of carbonyl (C=O) groups excluding carboxylic acids is 1. The fourth-order valence-corrected chi connectivity index (χ4v) is 1.60. The van der Waals surface area contributed by atoms with E-state index in [-0.39, 0.29) is 17.5 Å². The number of alkyl halides is 2. The van der Waals surface area contributed by atoms with Crippen LogP contribution >= 0.6 is 0 Å². The van der Waals surface area contributed by atoms with Gasteiger partial charge in [0, 0.05) is 11.1 Å². The fourth-order valence-electron chi connectivity index (χ4n) is 1.60. The van der Waals surface area contributed by atoms with Crippen LogP contribution < -0.4 is 5.32 Å². The summed E-state index contributed by atoms with van der Waals surface area (Å²) >= 11 is 0. The molecule has 0 aliphatic carbocycles. The summed E-state index contributed by atoms with van der Waals surface area (Å²) in [5.41, 5.74) is -0.241. The van der Waals surface area contributed by atoms with Crippen molar-refractivity contribution < 1.29 is 23.5 Å². The van der Waals surface area contributed by atoms with Crippen molar-refractivity contribution in [3.8, 4) is 0 Å². The summed E-state index contributed by atoms with van der Waals surface area (Å²) in [6.45, 7) is 1.79. The maximum Gasteiger partial charge on any atom is 0.326 e. The molecule has 0 aromatic heterocycles. The first-order chi connectivity index (χ1) is 8.95. The lowest BCUT2D eigenvalue weighted by molar-refractivity contribution is -0.139. The Hall–Kier alpha value is -1.98. The quantitative estimate of drug-likeness (QED) is 0.835. The van der Waals surface area contributed by atoms with E-state index in [1.807, 2.05) is 0 Å². The normalized spacial score (nSPS) is 12.2. The van der Waals surface area contributed by atoms with Crippen LogP contribution in [0.25, 0.3) is 0 Å². The van der Waals surface area contributed by atoms with Gasteiger partial charge in [0.05, 0.1) is 0 Å². The van der Waals surface area contributed by atoms with Crippen LogP contribution in [0.3, 0.4) is 0 Å². The third-order valence-electron chi connectivity index (χ3n) is 2.58. The van der Waals surface area contributed by atoms with Crippen molar-refractivity contribution in [3.63, 3.8) is 0 Å². The molecule has 1 atom stereocenters. The second-order valence-electron chi connectivity index (χ2n) is 4.08. The smallest absolute Gasteiger partial charge is 0.326 e. The maximum atomic E-state index is 12.5. The second-order valence-corrected chi connectivity index (χ2v) is 4.08. The number of carboxylic acids is 1. The van der Waals surface area contributed by atoms with Gasteiger partial charge in [0.1, 0.15) is 6.04 Å². The first-order valence-electron chi connectivity index (χ1n) is 5.87. The molecule has 0 heterocycles. The molecule has 1 aromatic rings. The van der Waals surface area contributed by atoms with Crippen LogP contribution in [0.2, 0.25) is 0 Å². The number of hydrogen-bond acceptors (Lipinski definition) is 2. The zero-order valence-electron chi connectivity index (χ0n) is 10.4. The van der Waals surface area contributed by atoms with E-state index in [1.165, 1.54) is 18.2 Å². The SMILES string of the molecule is CCCC(NC(=O)c1cccc(C(F)F)c1)C(=O)O. The van der Waals surface area contributed by atoms with Gasteiger partial charge in [0.25, 0.3) is 12.3 Å². The number of nitrogens with one attached hydrogen (secondary N) is 1. The van der Waals surface area contributed by atoms with Crippen molar-refractivity contribution in [1.82, 2.24) is 5.32 Å². The standard InChI is InChI=1S/C13H15F2NO3/c1-2-4-10(13(18)19)16-12(17)9-6-3-5-8(7-9)11(14)15/h3,5-7,10-11H,2,4H2,1H3,(H,16,17)(H,18,19). The highest BCUT2D eigenvalue weighted by atomic mass is 19.3. The first-order valence-corrected chi connectivity index (χ1v) is 5.87. The van der Waals surface area contributed by atoms with Crippen molar-refractivity contribution in [2.75, 3.05) is 0 Å². The first kappa shape index (κ1) is 15.1. The predicted molar refractivity (Wildman–Crippen MR) is 65.2 cm³/mol. The van der Waals surface area contributed by atoms with Crippen LogP contribution in [0.1, 0.15) is 42.1 Å². The number of carboxylic acid groups (broad SMARTS) is 1. The highest BCUT2D eigenvalue weighted by Gasteiger charge is 2.20. The van der Waals surface area contributed by atoms with Gasteiger partial charge in [-0.1, -0.05) is 25.5 Å². The molecule has 1 unspecified atom stereocenters. The van der Waals surface area contributed by atoms with Gasteiger partial charge in [0.2, 0.25) is 0 Å². The number of carbonyl (C=O) groups is 2. The molecule has 0 spiro atoms. The van der Waals surface area contributed by atoms with E-state index in [9.17, 15) is 18.4 Å². The third kappa shape index (κ3) is 4.31. The number of aliphatic carboxylic acids is 1. The molecule has 19 heavy (non-hydrogen) atoms.